The maximum atomic E-state index is 6.27. The number of nitrogens with one attached hydrogen (secondary N) is 1. The van der Waals surface area contributed by atoms with Crippen molar-refractivity contribution in [1.29, 1.82) is 0 Å². The van der Waals surface area contributed by atoms with Crippen molar-refractivity contribution in [2.45, 2.75) is 25.9 Å². The average molecular weight is 441 g/mol. The van der Waals surface area contributed by atoms with Crippen molar-refractivity contribution in [3.63, 3.8) is 0 Å². The van der Waals surface area contributed by atoms with Gasteiger partial charge in [-0.3, -0.25) is 4.98 Å². The van der Waals surface area contributed by atoms with E-state index < -0.39 is 0 Å². The maximum absolute atomic E-state index is 6.27. The van der Waals surface area contributed by atoms with Crippen molar-refractivity contribution in [1.82, 2.24) is 19.8 Å². The summed E-state index contributed by atoms with van der Waals surface area (Å²) in [5.74, 6) is 0. The average Bonchev–Trinajstić information content (AvgIpc) is 3.22. The molecule has 2 atom stereocenters. The number of hydrogen-bond donors (Lipinski definition) is 1. The molecule has 156 valence electrons. The summed E-state index contributed by atoms with van der Waals surface area (Å²) < 4.78 is 7.60. The Kier molecular flexibility index (Phi) is 6.09. The van der Waals surface area contributed by atoms with Gasteiger partial charge >= 0.3 is 0 Å². The number of thiocarbonyl (C=S) groups is 1. The predicted octanol–water partition coefficient (Wildman–Crippen LogP) is 4.76. The first-order valence-corrected chi connectivity index (χ1v) is 10.7. The number of nitrogens with zero attached hydrogens (tertiary/aromatic N) is 3. The molecule has 1 saturated heterocycles. The molecule has 1 N–H and O–H groups in total. The summed E-state index contributed by atoms with van der Waals surface area (Å²) in [6, 6.07) is 16.1. The summed E-state index contributed by atoms with van der Waals surface area (Å²) in [4.78, 5) is 6.82. The molecule has 7 heteroatoms. The van der Waals surface area contributed by atoms with Crippen LogP contribution in [0.5, 0.6) is 0 Å². The van der Waals surface area contributed by atoms with Crippen LogP contribution < -0.4 is 5.32 Å². The minimum absolute atomic E-state index is 0.0154. The van der Waals surface area contributed by atoms with Gasteiger partial charge in [0.15, 0.2) is 5.11 Å². The third kappa shape index (κ3) is 3.83. The van der Waals surface area contributed by atoms with E-state index in [4.69, 9.17) is 28.6 Å². The Hall–Kier alpha value is -2.41. The lowest BCUT2D eigenvalue weighted by atomic mass is 9.97. The van der Waals surface area contributed by atoms with Crippen LogP contribution in [0.25, 0.3) is 5.69 Å². The molecule has 1 aliphatic heterocycles. The Morgan fingerprint density at radius 3 is 2.70 bits per heavy atom. The van der Waals surface area contributed by atoms with E-state index in [1.54, 1.807) is 7.11 Å². The highest BCUT2D eigenvalue weighted by atomic mass is 35.5. The van der Waals surface area contributed by atoms with Crippen LogP contribution in [-0.4, -0.2) is 39.8 Å². The Labute approximate surface area is 187 Å². The fraction of sp³-hybridized carbons (Fsp3) is 0.304. The Morgan fingerprint density at radius 2 is 2.00 bits per heavy atom. The minimum Gasteiger partial charge on any atom is -0.383 e. The highest BCUT2D eigenvalue weighted by Crippen LogP contribution is 2.41. The van der Waals surface area contributed by atoms with Gasteiger partial charge in [-0.2, -0.15) is 0 Å². The quantitative estimate of drug-likeness (QED) is 0.559. The molecule has 0 saturated carbocycles. The summed E-state index contributed by atoms with van der Waals surface area (Å²) in [5, 5.41) is 4.93. The van der Waals surface area contributed by atoms with Crippen molar-refractivity contribution in [3.05, 3.63) is 82.4 Å². The molecule has 0 aliphatic carbocycles. The molecule has 3 aromatic rings. The van der Waals surface area contributed by atoms with Crippen molar-refractivity contribution in [2.24, 2.45) is 0 Å². The van der Waals surface area contributed by atoms with Crippen LogP contribution in [-0.2, 0) is 4.74 Å². The lowest BCUT2D eigenvalue weighted by Gasteiger charge is -2.28. The minimum atomic E-state index is -0.0381. The zero-order chi connectivity index (χ0) is 21.3. The van der Waals surface area contributed by atoms with E-state index in [0.717, 1.165) is 32.9 Å². The molecule has 4 rings (SSSR count). The number of aromatic nitrogens is 2. The van der Waals surface area contributed by atoms with E-state index in [-0.39, 0.29) is 12.1 Å². The van der Waals surface area contributed by atoms with E-state index in [1.165, 1.54) is 5.56 Å². The summed E-state index contributed by atoms with van der Waals surface area (Å²) in [7, 11) is 1.71. The van der Waals surface area contributed by atoms with Crippen LogP contribution >= 0.6 is 23.8 Å². The second kappa shape index (κ2) is 8.76. The maximum Gasteiger partial charge on any atom is 0.170 e. The molecular weight excluding hydrogens is 416 g/mol. The number of halogens is 1. The predicted molar refractivity (Wildman–Crippen MR) is 124 cm³/mol. The molecule has 5 nitrogen and oxygen atoms in total. The first-order valence-electron chi connectivity index (χ1n) is 9.93. The standard InChI is InChI=1S/C23H25ClN4OS/c1-15-13-19(16(2)28(15)18-8-6-7-17(24)14-18)22-21(20-9-4-5-10-25-20)26-23(30)27(22)11-12-29-3/h4-10,13-14,21-22H,11-12H2,1-3H3,(H,26,30)/t21-,22+/m0/s1. The van der Waals surface area contributed by atoms with Crippen molar-refractivity contribution in [2.75, 3.05) is 20.3 Å². The largest absolute Gasteiger partial charge is 0.383 e. The SMILES string of the molecule is COCCN1C(=S)N[C@@H](c2ccccn2)[C@H]1c1cc(C)n(-c2cccc(Cl)c2)c1C. The van der Waals surface area contributed by atoms with Gasteiger partial charge in [0.2, 0.25) is 0 Å². The van der Waals surface area contributed by atoms with Gasteiger partial charge in [0.25, 0.3) is 0 Å². The number of pyridine rings is 1. The van der Waals surface area contributed by atoms with Gasteiger partial charge in [0, 0.05) is 41.9 Å². The van der Waals surface area contributed by atoms with Crippen molar-refractivity contribution < 1.29 is 4.74 Å². The van der Waals surface area contributed by atoms with Crippen LogP contribution in [0.3, 0.4) is 0 Å². The van der Waals surface area contributed by atoms with E-state index in [9.17, 15) is 0 Å². The van der Waals surface area contributed by atoms with Crippen LogP contribution in [0.2, 0.25) is 5.02 Å². The number of methoxy groups -OCH3 is 1. The third-order valence-corrected chi connectivity index (χ3v) is 6.18. The molecule has 0 radical (unpaired) electrons. The van der Waals surface area contributed by atoms with Crippen molar-refractivity contribution in [3.8, 4) is 5.69 Å². The number of benzene rings is 1. The van der Waals surface area contributed by atoms with E-state index in [2.05, 4.69) is 45.7 Å². The number of ether oxygens (including phenoxy) is 1. The number of hydrogen-bond acceptors (Lipinski definition) is 3. The first kappa shape index (κ1) is 20.8. The van der Waals surface area contributed by atoms with Crippen LogP contribution in [0, 0.1) is 13.8 Å². The lowest BCUT2D eigenvalue weighted by Crippen LogP contribution is -2.32. The molecule has 0 amide bonds. The molecule has 0 spiro atoms. The summed E-state index contributed by atoms with van der Waals surface area (Å²) in [6.07, 6.45) is 1.82. The Balaban J connectivity index is 1.82. The first-order chi connectivity index (χ1) is 14.5. The van der Waals surface area contributed by atoms with Gasteiger partial charge in [-0.15, -0.1) is 0 Å². The molecule has 0 bridgehead atoms. The number of aryl methyl sites for hydroxylation is 1. The molecule has 0 unspecified atom stereocenters. The topological polar surface area (TPSA) is 42.3 Å². The van der Waals surface area contributed by atoms with Gasteiger partial charge < -0.3 is 19.5 Å². The molecule has 30 heavy (non-hydrogen) atoms. The number of rotatable bonds is 6. The zero-order valence-electron chi connectivity index (χ0n) is 17.3. The van der Waals surface area contributed by atoms with E-state index in [0.29, 0.717) is 13.2 Å². The van der Waals surface area contributed by atoms with Gasteiger partial charge in [-0.1, -0.05) is 23.7 Å². The van der Waals surface area contributed by atoms with Gasteiger partial charge in [-0.25, -0.2) is 0 Å². The molecule has 2 aromatic heterocycles. The molecular formula is C23H25ClN4OS. The third-order valence-electron chi connectivity index (χ3n) is 5.59. The fourth-order valence-electron chi connectivity index (χ4n) is 4.27. The normalized spacial score (nSPS) is 18.7. The fourth-order valence-corrected chi connectivity index (χ4v) is 4.79. The van der Waals surface area contributed by atoms with Crippen LogP contribution in [0.15, 0.2) is 54.7 Å². The van der Waals surface area contributed by atoms with E-state index in [1.807, 2.05) is 42.6 Å². The lowest BCUT2D eigenvalue weighted by molar-refractivity contribution is 0.164. The van der Waals surface area contributed by atoms with Gasteiger partial charge in [-0.05, 0) is 68.0 Å². The summed E-state index contributed by atoms with van der Waals surface area (Å²) in [6.45, 7) is 5.57. The highest BCUT2D eigenvalue weighted by molar-refractivity contribution is 7.80. The summed E-state index contributed by atoms with van der Waals surface area (Å²) in [5.41, 5.74) is 5.54. The second-order valence-corrected chi connectivity index (χ2v) is 8.28. The second-order valence-electron chi connectivity index (χ2n) is 7.45. The van der Waals surface area contributed by atoms with Gasteiger partial charge in [0.1, 0.15) is 0 Å². The smallest absolute Gasteiger partial charge is 0.170 e. The monoisotopic (exact) mass is 440 g/mol. The molecule has 3 heterocycles. The molecule has 1 fully saturated rings. The zero-order valence-corrected chi connectivity index (χ0v) is 18.9. The molecule has 1 aromatic carbocycles. The van der Waals surface area contributed by atoms with Crippen LogP contribution in [0.4, 0.5) is 0 Å². The van der Waals surface area contributed by atoms with Crippen molar-refractivity contribution >= 4 is 28.9 Å². The van der Waals surface area contributed by atoms with Gasteiger partial charge in [0.05, 0.1) is 24.4 Å². The van der Waals surface area contributed by atoms with E-state index >= 15 is 0 Å². The molecule has 1 aliphatic rings. The summed E-state index contributed by atoms with van der Waals surface area (Å²) >= 11 is 12.0. The Morgan fingerprint density at radius 1 is 1.17 bits per heavy atom. The highest BCUT2D eigenvalue weighted by Gasteiger charge is 2.41. The van der Waals surface area contributed by atoms with Crippen LogP contribution in [0.1, 0.15) is 34.7 Å². The Bertz CT molecular complexity index is 1050.